The summed E-state index contributed by atoms with van der Waals surface area (Å²) in [4.78, 5) is 21.0. The fraction of sp³-hybridized carbons (Fsp3) is 0.444. The monoisotopic (exact) mass is 329 g/mol. The van der Waals surface area contributed by atoms with Crippen LogP contribution in [-0.2, 0) is 11.2 Å². The van der Waals surface area contributed by atoms with Crippen molar-refractivity contribution in [3.63, 3.8) is 0 Å². The highest BCUT2D eigenvalue weighted by Crippen LogP contribution is 2.24. The fourth-order valence-corrected chi connectivity index (χ4v) is 3.74. The minimum atomic E-state index is 0.161. The van der Waals surface area contributed by atoms with Crippen molar-refractivity contribution in [2.75, 3.05) is 31.6 Å². The highest BCUT2D eigenvalue weighted by atomic mass is 32.1. The van der Waals surface area contributed by atoms with E-state index in [9.17, 15) is 4.79 Å². The molecule has 2 heterocycles. The summed E-state index contributed by atoms with van der Waals surface area (Å²) in [6, 6.07) is 10.5. The number of rotatable bonds is 5. The Labute approximate surface area is 141 Å². The number of amides is 1. The maximum atomic E-state index is 12.3. The normalized spacial score (nSPS) is 17.5. The summed E-state index contributed by atoms with van der Waals surface area (Å²) in [6.45, 7) is 4.89. The molecule has 4 nitrogen and oxygen atoms in total. The summed E-state index contributed by atoms with van der Waals surface area (Å²) < 4.78 is 0. The van der Waals surface area contributed by atoms with E-state index >= 15 is 0 Å². The van der Waals surface area contributed by atoms with Gasteiger partial charge in [0.1, 0.15) is 0 Å². The van der Waals surface area contributed by atoms with Gasteiger partial charge in [-0.1, -0.05) is 18.2 Å². The molecule has 1 aromatic carbocycles. The van der Waals surface area contributed by atoms with Gasteiger partial charge in [0.25, 0.3) is 0 Å². The maximum Gasteiger partial charge on any atom is 0.228 e. The second kappa shape index (κ2) is 7.13. The molecule has 1 atom stereocenters. The van der Waals surface area contributed by atoms with Crippen molar-refractivity contribution in [3.8, 4) is 0 Å². The summed E-state index contributed by atoms with van der Waals surface area (Å²) in [7, 11) is 1.91. The Morgan fingerprint density at radius 2 is 2.17 bits per heavy atom. The van der Waals surface area contributed by atoms with Crippen molar-refractivity contribution < 1.29 is 4.79 Å². The van der Waals surface area contributed by atoms with Crippen LogP contribution in [0.25, 0.3) is 0 Å². The van der Waals surface area contributed by atoms with Crippen LogP contribution in [0.3, 0.4) is 0 Å². The van der Waals surface area contributed by atoms with E-state index in [4.69, 9.17) is 0 Å². The van der Waals surface area contributed by atoms with Crippen LogP contribution in [0.1, 0.15) is 17.1 Å². The molecule has 0 bridgehead atoms. The highest BCUT2D eigenvalue weighted by molar-refractivity contribution is 7.09. The number of benzene rings is 1. The van der Waals surface area contributed by atoms with Crippen LogP contribution in [0.15, 0.2) is 35.7 Å². The minimum absolute atomic E-state index is 0.161. The lowest BCUT2D eigenvalue weighted by Crippen LogP contribution is -2.34. The quantitative estimate of drug-likeness (QED) is 0.846. The molecule has 1 amide bonds. The van der Waals surface area contributed by atoms with Gasteiger partial charge >= 0.3 is 0 Å². The topological polar surface area (TPSA) is 36.4 Å². The van der Waals surface area contributed by atoms with E-state index in [1.54, 1.807) is 11.3 Å². The third-order valence-corrected chi connectivity index (χ3v) is 5.19. The molecule has 1 aliphatic heterocycles. The highest BCUT2D eigenvalue weighted by Gasteiger charge is 2.25. The first-order valence-corrected chi connectivity index (χ1v) is 8.95. The molecule has 1 saturated heterocycles. The van der Waals surface area contributed by atoms with Crippen LogP contribution >= 0.6 is 11.3 Å². The molecule has 0 spiro atoms. The van der Waals surface area contributed by atoms with Gasteiger partial charge < -0.3 is 9.80 Å². The van der Waals surface area contributed by atoms with Crippen LogP contribution in [-0.4, -0.2) is 42.5 Å². The fourth-order valence-electron chi connectivity index (χ4n) is 3.12. The number of likely N-dealkylation sites (N-methyl/N-ethyl adjacent to an activating group) is 1. The molecule has 2 aromatic rings. The average Bonchev–Trinajstić information content (AvgIpc) is 3.17. The van der Waals surface area contributed by atoms with Crippen LogP contribution in [0, 0.1) is 12.8 Å². The molecule has 1 unspecified atom stereocenters. The molecule has 23 heavy (non-hydrogen) atoms. The number of aryl methyl sites for hydroxylation is 1. The second-order valence-electron chi connectivity index (χ2n) is 6.25. The zero-order valence-corrected chi connectivity index (χ0v) is 14.6. The molecule has 0 saturated carbocycles. The van der Waals surface area contributed by atoms with E-state index in [2.05, 4.69) is 34.1 Å². The first-order chi connectivity index (χ1) is 11.1. The molecule has 0 aliphatic carbocycles. The summed E-state index contributed by atoms with van der Waals surface area (Å²) in [5, 5.41) is 3.00. The van der Waals surface area contributed by atoms with Gasteiger partial charge in [0, 0.05) is 37.7 Å². The van der Waals surface area contributed by atoms with E-state index in [1.807, 2.05) is 30.3 Å². The van der Waals surface area contributed by atoms with E-state index in [-0.39, 0.29) is 5.91 Å². The standard InChI is InChI=1S/C18H23N3OS/c1-14-19-16(13-23-14)10-18(22)20(2)11-15-8-9-21(12-15)17-6-4-3-5-7-17/h3-7,13,15H,8-12H2,1-2H3. The van der Waals surface area contributed by atoms with Crippen LogP contribution in [0.4, 0.5) is 5.69 Å². The zero-order valence-electron chi connectivity index (χ0n) is 13.7. The van der Waals surface area contributed by atoms with Gasteiger partial charge in [-0.25, -0.2) is 4.98 Å². The SMILES string of the molecule is Cc1nc(CC(=O)N(C)CC2CCN(c3ccccc3)C2)cs1. The molecule has 1 aromatic heterocycles. The molecule has 1 fully saturated rings. The Bertz CT molecular complexity index is 655. The third kappa shape index (κ3) is 4.10. The van der Waals surface area contributed by atoms with Gasteiger partial charge in [0.05, 0.1) is 17.1 Å². The lowest BCUT2D eigenvalue weighted by Gasteiger charge is -2.22. The van der Waals surface area contributed by atoms with Crippen LogP contribution in [0.2, 0.25) is 0 Å². The number of thiazole rings is 1. The minimum Gasteiger partial charge on any atom is -0.371 e. The number of nitrogens with zero attached hydrogens (tertiary/aromatic N) is 3. The second-order valence-corrected chi connectivity index (χ2v) is 7.31. The molecule has 3 rings (SSSR count). The number of anilines is 1. The molecule has 122 valence electrons. The van der Waals surface area contributed by atoms with Gasteiger partial charge in [0.15, 0.2) is 0 Å². The van der Waals surface area contributed by atoms with Gasteiger partial charge in [-0.15, -0.1) is 11.3 Å². The largest absolute Gasteiger partial charge is 0.371 e. The van der Waals surface area contributed by atoms with E-state index in [1.165, 1.54) is 5.69 Å². The molecule has 1 aliphatic rings. The van der Waals surface area contributed by atoms with Crippen molar-refractivity contribution in [3.05, 3.63) is 46.4 Å². The molecule has 0 N–H and O–H groups in total. The van der Waals surface area contributed by atoms with E-state index in [0.717, 1.165) is 36.8 Å². The van der Waals surface area contributed by atoms with Gasteiger partial charge in [0.2, 0.25) is 5.91 Å². The maximum absolute atomic E-state index is 12.3. The van der Waals surface area contributed by atoms with Gasteiger partial charge in [-0.05, 0) is 31.4 Å². The Kier molecular flexibility index (Phi) is 4.96. The number of hydrogen-bond acceptors (Lipinski definition) is 4. The summed E-state index contributed by atoms with van der Waals surface area (Å²) in [6.07, 6.45) is 1.55. The van der Waals surface area contributed by atoms with E-state index in [0.29, 0.717) is 12.3 Å². The molecular weight excluding hydrogens is 306 g/mol. The van der Waals surface area contributed by atoms with Crippen molar-refractivity contribution in [2.45, 2.75) is 19.8 Å². The Morgan fingerprint density at radius 3 is 2.87 bits per heavy atom. The van der Waals surface area contributed by atoms with Crippen molar-refractivity contribution >= 4 is 22.9 Å². The van der Waals surface area contributed by atoms with Gasteiger partial charge in [-0.3, -0.25) is 4.79 Å². The van der Waals surface area contributed by atoms with Crippen molar-refractivity contribution in [1.29, 1.82) is 0 Å². The van der Waals surface area contributed by atoms with E-state index < -0.39 is 0 Å². The lowest BCUT2D eigenvalue weighted by molar-refractivity contribution is -0.129. The number of carbonyl (C=O) groups excluding carboxylic acids is 1. The summed E-state index contributed by atoms with van der Waals surface area (Å²) >= 11 is 1.60. The Hall–Kier alpha value is -1.88. The molecular formula is C18H23N3OS. The Balaban J connectivity index is 1.50. The number of para-hydroxylation sites is 1. The Morgan fingerprint density at radius 1 is 1.39 bits per heavy atom. The van der Waals surface area contributed by atoms with Crippen LogP contribution in [0.5, 0.6) is 0 Å². The first kappa shape index (κ1) is 16.0. The molecule has 0 radical (unpaired) electrons. The summed E-state index contributed by atoms with van der Waals surface area (Å²) in [5.74, 6) is 0.704. The lowest BCUT2D eigenvalue weighted by atomic mass is 10.1. The van der Waals surface area contributed by atoms with Crippen molar-refractivity contribution in [1.82, 2.24) is 9.88 Å². The van der Waals surface area contributed by atoms with Crippen molar-refractivity contribution in [2.24, 2.45) is 5.92 Å². The molecule has 5 heteroatoms. The smallest absolute Gasteiger partial charge is 0.228 e. The number of carbonyl (C=O) groups is 1. The number of hydrogen-bond donors (Lipinski definition) is 0. The summed E-state index contributed by atoms with van der Waals surface area (Å²) in [5.41, 5.74) is 2.17. The van der Waals surface area contributed by atoms with Crippen LogP contribution < -0.4 is 4.90 Å². The first-order valence-electron chi connectivity index (χ1n) is 8.07. The zero-order chi connectivity index (χ0) is 16.2. The predicted octanol–water partition coefficient (Wildman–Crippen LogP) is 2.98. The van der Waals surface area contributed by atoms with Gasteiger partial charge in [-0.2, -0.15) is 0 Å². The third-order valence-electron chi connectivity index (χ3n) is 4.36. The average molecular weight is 329 g/mol. The number of aromatic nitrogens is 1. The predicted molar refractivity (Wildman–Crippen MR) is 95.0 cm³/mol.